The average molecular weight is 177 g/mol. The fourth-order valence-electron chi connectivity index (χ4n) is 1.78. The van der Waals surface area contributed by atoms with Gasteiger partial charge in [-0.15, -0.1) is 0 Å². The molecule has 1 heterocycles. The molecule has 70 valence electrons. The number of para-hydroxylation sites is 2. The topological polar surface area (TPSA) is 12.5 Å². The van der Waals surface area contributed by atoms with Gasteiger partial charge in [-0.2, -0.15) is 0 Å². The maximum absolute atomic E-state index is 5.72. The van der Waals surface area contributed by atoms with Crippen LogP contribution in [0.25, 0.3) is 0 Å². The lowest BCUT2D eigenvalue weighted by atomic mass is 10.2. The normalized spacial score (nSPS) is 20.8. The molecule has 2 nitrogen and oxygen atoms in total. The lowest BCUT2D eigenvalue weighted by molar-refractivity contribution is 0.213. The van der Waals surface area contributed by atoms with Gasteiger partial charge in [0.15, 0.2) is 0 Å². The molecule has 0 saturated carbocycles. The summed E-state index contributed by atoms with van der Waals surface area (Å²) in [6, 6.07) is 8.23. The van der Waals surface area contributed by atoms with Gasteiger partial charge in [-0.1, -0.05) is 12.1 Å². The van der Waals surface area contributed by atoms with Crippen molar-refractivity contribution < 1.29 is 4.74 Å². The first-order valence-corrected chi connectivity index (χ1v) is 4.82. The number of benzene rings is 1. The zero-order valence-corrected chi connectivity index (χ0v) is 8.16. The Morgan fingerprint density at radius 1 is 1.46 bits per heavy atom. The van der Waals surface area contributed by atoms with Gasteiger partial charge in [0.25, 0.3) is 0 Å². The highest BCUT2D eigenvalue weighted by molar-refractivity contribution is 5.59. The molecule has 1 aliphatic heterocycles. The van der Waals surface area contributed by atoms with Crippen molar-refractivity contribution in [3.05, 3.63) is 24.3 Å². The molecule has 1 unspecified atom stereocenters. The van der Waals surface area contributed by atoms with Gasteiger partial charge in [0.2, 0.25) is 0 Å². The van der Waals surface area contributed by atoms with Crippen molar-refractivity contribution in [2.24, 2.45) is 0 Å². The molecule has 1 atom stereocenters. The number of anilines is 1. The molecule has 13 heavy (non-hydrogen) atoms. The number of nitrogens with zero attached hydrogens (tertiary/aromatic N) is 1. The van der Waals surface area contributed by atoms with Crippen LogP contribution in [0.15, 0.2) is 24.3 Å². The first-order chi connectivity index (χ1) is 6.31. The van der Waals surface area contributed by atoms with E-state index < -0.39 is 0 Å². The number of fused-ring (bicyclic) bond motifs is 1. The number of hydrogen-bond acceptors (Lipinski definition) is 2. The lowest BCUT2D eigenvalue weighted by Crippen LogP contribution is -2.38. The standard InChI is InChI=1S/C11H15NO/c1-3-12-8-9(2)13-11-7-5-4-6-10(11)12/h4-7,9H,3,8H2,1-2H3. The van der Waals surface area contributed by atoms with Gasteiger partial charge < -0.3 is 9.64 Å². The molecule has 0 radical (unpaired) electrons. The van der Waals surface area contributed by atoms with E-state index in [-0.39, 0.29) is 0 Å². The second-order valence-corrected chi connectivity index (χ2v) is 3.43. The summed E-state index contributed by atoms with van der Waals surface area (Å²) in [5, 5.41) is 0. The third-order valence-corrected chi connectivity index (χ3v) is 2.39. The quantitative estimate of drug-likeness (QED) is 0.652. The van der Waals surface area contributed by atoms with Crippen molar-refractivity contribution in [1.29, 1.82) is 0 Å². The predicted molar refractivity (Wildman–Crippen MR) is 54.4 cm³/mol. The highest BCUT2D eigenvalue weighted by atomic mass is 16.5. The number of likely N-dealkylation sites (N-methyl/N-ethyl adjacent to an activating group) is 1. The molecule has 2 heteroatoms. The first-order valence-electron chi connectivity index (χ1n) is 4.82. The maximum atomic E-state index is 5.72. The third-order valence-electron chi connectivity index (χ3n) is 2.39. The van der Waals surface area contributed by atoms with Crippen molar-refractivity contribution in [1.82, 2.24) is 0 Å². The number of rotatable bonds is 1. The van der Waals surface area contributed by atoms with Crippen LogP contribution in [0.3, 0.4) is 0 Å². The Hall–Kier alpha value is -1.18. The summed E-state index contributed by atoms with van der Waals surface area (Å²) < 4.78 is 5.72. The molecule has 0 saturated heterocycles. The first kappa shape index (κ1) is 8.42. The van der Waals surface area contributed by atoms with Crippen molar-refractivity contribution in [3.8, 4) is 5.75 Å². The lowest BCUT2D eigenvalue weighted by Gasteiger charge is -2.34. The highest BCUT2D eigenvalue weighted by Crippen LogP contribution is 2.32. The van der Waals surface area contributed by atoms with Gasteiger partial charge in [-0.3, -0.25) is 0 Å². The Balaban J connectivity index is 2.37. The van der Waals surface area contributed by atoms with Crippen LogP contribution in [0.4, 0.5) is 5.69 Å². The second kappa shape index (κ2) is 3.29. The van der Waals surface area contributed by atoms with Crippen molar-refractivity contribution in [3.63, 3.8) is 0 Å². The minimum absolute atomic E-state index is 0.301. The smallest absolute Gasteiger partial charge is 0.143 e. The molecule has 0 aliphatic carbocycles. The molecule has 0 bridgehead atoms. The number of ether oxygens (including phenoxy) is 1. The van der Waals surface area contributed by atoms with E-state index in [1.807, 2.05) is 12.1 Å². The predicted octanol–water partition coefficient (Wildman–Crippen LogP) is 2.29. The van der Waals surface area contributed by atoms with Crippen LogP contribution in [0.5, 0.6) is 5.75 Å². The molecule has 1 aliphatic rings. The molecular weight excluding hydrogens is 162 g/mol. The summed E-state index contributed by atoms with van der Waals surface area (Å²) in [6.45, 7) is 6.33. The Labute approximate surface area is 79.1 Å². The minimum atomic E-state index is 0.301. The maximum Gasteiger partial charge on any atom is 0.143 e. The molecule has 0 N–H and O–H groups in total. The Morgan fingerprint density at radius 2 is 2.23 bits per heavy atom. The zero-order chi connectivity index (χ0) is 9.26. The van der Waals surface area contributed by atoms with Crippen LogP contribution in [0.1, 0.15) is 13.8 Å². The van der Waals surface area contributed by atoms with Crippen LogP contribution in [-0.2, 0) is 0 Å². The van der Waals surface area contributed by atoms with E-state index in [1.54, 1.807) is 0 Å². The summed E-state index contributed by atoms with van der Waals surface area (Å²) in [4.78, 5) is 2.35. The molecule has 1 aromatic rings. The molecule has 0 fully saturated rings. The molecular formula is C11H15NO. The van der Waals surface area contributed by atoms with Gasteiger partial charge in [0.1, 0.15) is 11.9 Å². The monoisotopic (exact) mass is 177 g/mol. The minimum Gasteiger partial charge on any atom is -0.487 e. The Morgan fingerprint density at radius 3 is 3.00 bits per heavy atom. The summed E-state index contributed by atoms with van der Waals surface area (Å²) >= 11 is 0. The second-order valence-electron chi connectivity index (χ2n) is 3.43. The SMILES string of the molecule is CCN1CC(C)Oc2ccccc21. The average Bonchev–Trinajstić information content (AvgIpc) is 2.16. The van der Waals surface area contributed by atoms with Crippen molar-refractivity contribution in [2.75, 3.05) is 18.0 Å². The summed E-state index contributed by atoms with van der Waals surface area (Å²) in [5.41, 5.74) is 1.23. The molecule has 0 spiro atoms. The molecule has 2 rings (SSSR count). The van der Waals surface area contributed by atoms with E-state index in [0.29, 0.717) is 6.10 Å². The van der Waals surface area contributed by atoms with Gasteiger partial charge in [-0.05, 0) is 26.0 Å². The molecule has 0 amide bonds. The van der Waals surface area contributed by atoms with Crippen LogP contribution in [0.2, 0.25) is 0 Å². The Bertz CT molecular complexity index is 298. The largest absolute Gasteiger partial charge is 0.487 e. The van der Waals surface area contributed by atoms with Crippen molar-refractivity contribution >= 4 is 5.69 Å². The van der Waals surface area contributed by atoms with Gasteiger partial charge in [0.05, 0.1) is 12.2 Å². The molecule has 1 aromatic carbocycles. The highest BCUT2D eigenvalue weighted by Gasteiger charge is 2.20. The van der Waals surface area contributed by atoms with Gasteiger partial charge >= 0.3 is 0 Å². The Kier molecular flexibility index (Phi) is 2.13. The van der Waals surface area contributed by atoms with E-state index in [4.69, 9.17) is 4.74 Å². The van der Waals surface area contributed by atoms with Crippen molar-refractivity contribution in [2.45, 2.75) is 20.0 Å². The van der Waals surface area contributed by atoms with E-state index in [0.717, 1.165) is 18.8 Å². The van der Waals surface area contributed by atoms with E-state index in [1.165, 1.54) is 5.69 Å². The van der Waals surface area contributed by atoms with E-state index >= 15 is 0 Å². The van der Waals surface area contributed by atoms with E-state index in [9.17, 15) is 0 Å². The van der Waals surface area contributed by atoms with Gasteiger partial charge in [0, 0.05) is 6.54 Å². The van der Waals surface area contributed by atoms with Crippen LogP contribution < -0.4 is 9.64 Å². The summed E-state index contributed by atoms with van der Waals surface area (Å²) in [7, 11) is 0. The fourth-order valence-corrected chi connectivity index (χ4v) is 1.78. The van der Waals surface area contributed by atoms with Crippen LogP contribution in [-0.4, -0.2) is 19.2 Å². The summed E-state index contributed by atoms with van der Waals surface area (Å²) in [6.07, 6.45) is 0.301. The summed E-state index contributed by atoms with van der Waals surface area (Å²) in [5.74, 6) is 1.02. The molecule has 0 aromatic heterocycles. The van der Waals surface area contributed by atoms with Crippen LogP contribution in [0, 0.1) is 0 Å². The third kappa shape index (κ3) is 1.48. The zero-order valence-electron chi connectivity index (χ0n) is 8.16. The van der Waals surface area contributed by atoms with Gasteiger partial charge in [-0.25, -0.2) is 0 Å². The number of hydrogen-bond donors (Lipinski definition) is 0. The fraction of sp³-hybridized carbons (Fsp3) is 0.455. The van der Waals surface area contributed by atoms with Crippen LogP contribution >= 0.6 is 0 Å². The van der Waals surface area contributed by atoms with E-state index in [2.05, 4.69) is 30.9 Å².